The topological polar surface area (TPSA) is 60.0 Å². The van der Waals surface area contributed by atoms with E-state index in [1.54, 1.807) is 19.2 Å². The number of carbonyl (C=O) groups excluding carboxylic acids is 1. The number of methoxy groups -OCH3 is 1. The summed E-state index contributed by atoms with van der Waals surface area (Å²) in [6, 6.07) is 13.4. The van der Waals surface area contributed by atoms with Gasteiger partial charge in [0.25, 0.3) is 0 Å². The SMILES string of the molecule is COCCN(CC(=O)Nc1cc2c(cc1Cl)OCCCO2)Cc1ccccc1. The highest BCUT2D eigenvalue weighted by Gasteiger charge is 2.17. The Morgan fingerprint density at radius 3 is 2.61 bits per heavy atom. The Morgan fingerprint density at radius 2 is 1.89 bits per heavy atom. The van der Waals surface area contributed by atoms with Crippen molar-refractivity contribution in [3.63, 3.8) is 0 Å². The zero-order chi connectivity index (χ0) is 19.8. The van der Waals surface area contributed by atoms with Crippen molar-refractivity contribution in [2.45, 2.75) is 13.0 Å². The Balaban J connectivity index is 1.66. The third-order valence-corrected chi connectivity index (χ3v) is 4.65. The van der Waals surface area contributed by atoms with E-state index in [-0.39, 0.29) is 12.5 Å². The van der Waals surface area contributed by atoms with Crippen LogP contribution in [0.5, 0.6) is 11.5 Å². The monoisotopic (exact) mass is 404 g/mol. The van der Waals surface area contributed by atoms with Gasteiger partial charge in [-0.15, -0.1) is 0 Å². The molecule has 6 nitrogen and oxygen atoms in total. The highest BCUT2D eigenvalue weighted by molar-refractivity contribution is 6.34. The van der Waals surface area contributed by atoms with Crippen LogP contribution in [0.15, 0.2) is 42.5 Å². The lowest BCUT2D eigenvalue weighted by molar-refractivity contribution is -0.117. The first kappa shape index (κ1) is 20.5. The molecule has 2 aromatic rings. The molecule has 0 aliphatic carbocycles. The number of fused-ring (bicyclic) bond motifs is 1. The van der Waals surface area contributed by atoms with Crippen LogP contribution in [0.1, 0.15) is 12.0 Å². The van der Waals surface area contributed by atoms with Crippen molar-refractivity contribution in [3.8, 4) is 11.5 Å². The van der Waals surface area contributed by atoms with Crippen molar-refractivity contribution >= 4 is 23.2 Å². The quantitative estimate of drug-likeness (QED) is 0.728. The minimum absolute atomic E-state index is 0.150. The molecule has 1 aliphatic heterocycles. The highest BCUT2D eigenvalue weighted by atomic mass is 35.5. The molecule has 28 heavy (non-hydrogen) atoms. The number of benzene rings is 2. The lowest BCUT2D eigenvalue weighted by atomic mass is 10.2. The molecular formula is C21H25ClN2O4. The number of hydrogen-bond donors (Lipinski definition) is 1. The third kappa shape index (κ3) is 5.86. The van der Waals surface area contributed by atoms with E-state index in [9.17, 15) is 4.79 Å². The molecule has 0 bridgehead atoms. The van der Waals surface area contributed by atoms with Crippen LogP contribution in [-0.4, -0.2) is 50.8 Å². The van der Waals surface area contributed by atoms with E-state index in [0.717, 1.165) is 12.0 Å². The maximum atomic E-state index is 12.6. The Labute approximate surface area is 170 Å². The molecule has 0 atom stereocenters. The molecule has 7 heteroatoms. The van der Waals surface area contributed by atoms with Crippen LogP contribution in [0.2, 0.25) is 5.02 Å². The number of nitrogens with zero attached hydrogens (tertiary/aromatic N) is 1. The number of nitrogens with one attached hydrogen (secondary N) is 1. The van der Waals surface area contributed by atoms with Crippen molar-refractivity contribution in [2.75, 3.05) is 45.3 Å². The molecule has 0 saturated carbocycles. The fourth-order valence-corrected chi connectivity index (χ4v) is 3.15. The number of halogens is 1. The molecule has 1 aliphatic rings. The van der Waals surface area contributed by atoms with Gasteiger partial charge in [0.2, 0.25) is 5.91 Å². The second-order valence-corrected chi connectivity index (χ2v) is 6.97. The molecule has 150 valence electrons. The molecule has 1 amide bonds. The molecule has 0 unspecified atom stereocenters. The summed E-state index contributed by atoms with van der Waals surface area (Å²) in [4.78, 5) is 14.7. The molecule has 0 spiro atoms. The van der Waals surface area contributed by atoms with Gasteiger partial charge in [-0.05, 0) is 5.56 Å². The third-order valence-electron chi connectivity index (χ3n) is 4.34. The van der Waals surface area contributed by atoms with E-state index >= 15 is 0 Å². The maximum Gasteiger partial charge on any atom is 0.238 e. The van der Waals surface area contributed by atoms with Crippen LogP contribution < -0.4 is 14.8 Å². The molecule has 1 N–H and O–H groups in total. The minimum Gasteiger partial charge on any atom is -0.490 e. The zero-order valence-corrected chi connectivity index (χ0v) is 16.7. The maximum absolute atomic E-state index is 12.6. The molecular weight excluding hydrogens is 380 g/mol. The van der Waals surface area contributed by atoms with Gasteiger partial charge in [0.1, 0.15) is 0 Å². The van der Waals surface area contributed by atoms with Crippen LogP contribution in [0.3, 0.4) is 0 Å². The summed E-state index contributed by atoms with van der Waals surface area (Å²) in [5.41, 5.74) is 1.65. The summed E-state index contributed by atoms with van der Waals surface area (Å²) in [5, 5.41) is 3.30. The van der Waals surface area contributed by atoms with Crippen LogP contribution >= 0.6 is 11.6 Å². The van der Waals surface area contributed by atoms with Crippen molar-refractivity contribution in [2.24, 2.45) is 0 Å². The summed E-state index contributed by atoms with van der Waals surface area (Å²) >= 11 is 6.32. The average Bonchev–Trinajstić information content (AvgIpc) is 2.92. The van der Waals surface area contributed by atoms with Gasteiger partial charge in [-0.2, -0.15) is 0 Å². The molecule has 2 aromatic carbocycles. The van der Waals surface area contributed by atoms with Crippen molar-refractivity contribution < 1.29 is 19.0 Å². The van der Waals surface area contributed by atoms with Gasteiger partial charge in [0.05, 0.1) is 37.1 Å². The lowest BCUT2D eigenvalue weighted by Gasteiger charge is -2.22. The van der Waals surface area contributed by atoms with E-state index in [0.29, 0.717) is 55.1 Å². The standard InChI is InChI=1S/C21H25ClN2O4/c1-26-11-8-24(14-16-6-3-2-4-7-16)15-21(25)23-18-13-20-19(12-17(18)22)27-9-5-10-28-20/h2-4,6-7,12-13H,5,8-11,14-15H2,1H3,(H,23,25). The predicted molar refractivity (Wildman–Crippen MR) is 109 cm³/mol. The summed E-state index contributed by atoms with van der Waals surface area (Å²) in [6.07, 6.45) is 0.807. The largest absolute Gasteiger partial charge is 0.490 e. The normalized spacial score (nSPS) is 13.2. The lowest BCUT2D eigenvalue weighted by Crippen LogP contribution is -2.35. The predicted octanol–water partition coefficient (Wildman–Crippen LogP) is 3.59. The summed E-state index contributed by atoms with van der Waals surface area (Å²) in [6.45, 7) is 3.24. The van der Waals surface area contributed by atoms with Gasteiger partial charge in [0.15, 0.2) is 11.5 Å². The van der Waals surface area contributed by atoms with Gasteiger partial charge in [-0.25, -0.2) is 0 Å². The van der Waals surface area contributed by atoms with Crippen LogP contribution in [0.25, 0.3) is 0 Å². The summed E-state index contributed by atoms with van der Waals surface area (Å²) < 4.78 is 16.5. The van der Waals surface area contributed by atoms with Crippen LogP contribution in [0, 0.1) is 0 Å². The van der Waals surface area contributed by atoms with E-state index in [1.807, 2.05) is 35.2 Å². The van der Waals surface area contributed by atoms with Gasteiger partial charge in [-0.1, -0.05) is 41.9 Å². The highest BCUT2D eigenvalue weighted by Crippen LogP contribution is 2.37. The number of rotatable bonds is 8. The molecule has 0 radical (unpaired) electrons. The molecule has 0 aromatic heterocycles. The van der Waals surface area contributed by atoms with Gasteiger partial charge >= 0.3 is 0 Å². The Morgan fingerprint density at radius 1 is 1.18 bits per heavy atom. The fourth-order valence-electron chi connectivity index (χ4n) is 2.95. The summed E-state index contributed by atoms with van der Waals surface area (Å²) in [5.74, 6) is 1.05. The number of hydrogen-bond acceptors (Lipinski definition) is 5. The van der Waals surface area contributed by atoms with Crippen LogP contribution in [0.4, 0.5) is 5.69 Å². The van der Waals surface area contributed by atoms with Crippen LogP contribution in [-0.2, 0) is 16.1 Å². The van der Waals surface area contributed by atoms with Crippen molar-refractivity contribution in [1.29, 1.82) is 0 Å². The second kappa shape index (κ2) is 10.3. The second-order valence-electron chi connectivity index (χ2n) is 6.57. The van der Waals surface area contributed by atoms with Crippen molar-refractivity contribution in [1.82, 2.24) is 4.90 Å². The van der Waals surface area contributed by atoms with Crippen molar-refractivity contribution in [3.05, 3.63) is 53.1 Å². The molecule has 1 heterocycles. The number of ether oxygens (including phenoxy) is 3. The first-order valence-corrected chi connectivity index (χ1v) is 9.67. The Hall–Kier alpha value is -2.28. The summed E-state index contributed by atoms with van der Waals surface area (Å²) in [7, 11) is 1.65. The number of carbonyl (C=O) groups is 1. The van der Waals surface area contributed by atoms with E-state index in [4.69, 9.17) is 25.8 Å². The first-order chi connectivity index (χ1) is 13.7. The first-order valence-electron chi connectivity index (χ1n) is 9.30. The number of anilines is 1. The molecule has 0 saturated heterocycles. The average molecular weight is 405 g/mol. The Bertz CT molecular complexity index is 785. The minimum atomic E-state index is -0.150. The molecule has 0 fully saturated rings. The van der Waals surface area contributed by atoms with E-state index < -0.39 is 0 Å². The Kier molecular flexibility index (Phi) is 7.54. The molecule has 3 rings (SSSR count). The van der Waals surface area contributed by atoms with Gasteiger partial charge in [-0.3, -0.25) is 9.69 Å². The van der Waals surface area contributed by atoms with E-state index in [2.05, 4.69) is 5.32 Å². The number of amides is 1. The van der Waals surface area contributed by atoms with Gasteiger partial charge in [0, 0.05) is 38.8 Å². The smallest absolute Gasteiger partial charge is 0.238 e. The van der Waals surface area contributed by atoms with E-state index in [1.165, 1.54) is 0 Å². The zero-order valence-electron chi connectivity index (χ0n) is 15.9. The fraction of sp³-hybridized carbons (Fsp3) is 0.381. The van der Waals surface area contributed by atoms with Gasteiger partial charge < -0.3 is 19.5 Å².